The van der Waals surface area contributed by atoms with E-state index in [4.69, 9.17) is 25.9 Å². The van der Waals surface area contributed by atoms with Crippen LogP contribution in [0, 0.1) is 5.92 Å². The summed E-state index contributed by atoms with van der Waals surface area (Å²) in [6, 6.07) is 7.31. The van der Waals surface area contributed by atoms with Crippen LogP contribution in [-0.4, -0.2) is 59.8 Å². The van der Waals surface area contributed by atoms with Crippen molar-refractivity contribution in [2.24, 2.45) is 10.9 Å². The van der Waals surface area contributed by atoms with Crippen molar-refractivity contribution in [3.63, 3.8) is 0 Å². The van der Waals surface area contributed by atoms with E-state index >= 15 is 0 Å². The summed E-state index contributed by atoms with van der Waals surface area (Å²) >= 11 is 5.92. The molecule has 10 heteroatoms. The molecule has 170 valence electrons. The molecule has 0 spiro atoms. The highest BCUT2D eigenvalue weighted by molar-refractivity contribution is 14.0. The van der Waals surface area contributed by atoms with Crippen LogP contribution in [0.5, 0.6) is 0 Å². The third kappa shape index (κ3) is 7.34. The lowest BCUT2D eigenvalue weighted by atomic mass is 9.97. The summed E-state index contributed by atoms with van der Waals surface area (Å²) in [5, 5.41) is 8.02. The van der Waals surface area contributed by atoms with E-state index in [1.807, 2.05) is 26.0 Å². The Bertz CT molecular complexity index is 851. The number of ether oxygens (including phenoxy) is 1. The van der Waals surface area contributed by atoms with Crippen molar-refractivity contribution in [3.8, 4) is 11.4 Å². The second-order valence-corrected chi connectivity index (χ2v) is 7.45. The Hall–Kier alpha value is -1.88. The van der Waals surface area contributed by atoms with Crippen molar-refractivity contribution < 1.29 is 14.1 Å². The van der Waals surface area contributed by atoms with E-state index in [2.05, 4.69) is 20.4 Å². The maximum absolute atomic E-state index is 11.9. The predicted octanol–water partition coefficient (Wildman–Crippen LogP) is 3.79. The van der Waals surface area contributed by atoms with E-state index in [-0.39, 0.29) is 35.9 Å². The van der Waals surface area contributed by atoms with Gasteiger partial charge in [0.2, 0.25) is 11.7 Å². The molecule has 0 saturated carbocycles. The molecule has 1 aromatic heterocycles. The molecule has 0 atom stereocenters. The van der Waals surface area contributed by atoms with Crippen LogP contribution in [0.1, 0.15) is 32.6 Å². The summed E-state index contributed by atoms with van der Waals surface area (Å²) < 4.78 is 10.5. The Morgan fingerprint density at radius 1 is 1.29 bits per heavy atom. The summed E-state index contributed by atoms with van der Waals surface area (Å²) in [6.45, 7) is 7.16. The van der Waals surface area contributed by atoms with Gasteiger partial charge in [0.25, 0.3) is 0 Å². The van der Waals surface area contributed by atoms with Gasteiger partial charge in [0.1, 0.15) is 0 Å². The third-order valence-electron chi connectivity index (χ3n) is 4.91. The number of guanidine groups is 1. The van der Waals surface area contributed by atoms with E-state index in [0.29, 0.717) is 36.3 Å². The number of likely N-dealkylation sites (tertiary alicyclic amines) is 1. The molecule has 1 aliphatic heterocycles. The molecule has 1 aromatic carbocycles. The minimum absolute atomic E-state index is 0. The van der Waals surface area contributed by atoms with Gasteiger partial charge in [0, 0.05) is 36.6 Å². The molecule has 0 unspecified atom stereocenters. The zero-order chi connectivity index (χ0) is 21.3. The molecule has 2 aromatic rings. The summed E-state index contributed by atoms with van der Waals surface area (Å²) in [5.74, 6) is 1.82. The molecule has 0 amide bonds. The average molecular weight is 562 g/mol. The van der Waals surface area contributed by atoms with Gasteiger partial charge in [0.15, 0.2) is 5.96 Å². The van der Waals surface area contributed by atoms with Crippen LogP contribution in [0.25, 0.3) is 11.4 Å². The minimum atomic E-state index is -0.0908. The van der Waals surface area contributed by atoms with Crippen LogP contribution >= 0.6 is 35.6 Å². The fourth-order valence-electron chi connectivity index (χ4n) is 3.34. The van der Waals surface area contributed by atoms with Crippen LogP contribution in [0.2, 0.25) is 5.02 Å². The molecule has 1 fully saturated rings. The second-order valence-electron chi connectivity index (χ2n) is 7.02. The van der Waals surface area contributed by atoms with Gasteiger partial charge in [-0.15, -0.1) is 24.0 Å². The topological polar surface area (TPSA) is 92.9 Å². The quantitative estimate of drug-likeness (QED) is 0.238. The molecule has 0 aliphatic carbocycles. The number of halogens is 2. The van der Waals surface area contributed by atoms with Crippen molar-refractivity contribution >= 4 is 47.5 Å². The van der Waals surface area contributed by atoms with Crippen LogP contribution < -0.4 is 5.32 Å². The van der Waals surface area contributed by atoms with Crippen LogP contribution in [0.15, 0.2) is 33.8 Å². The van der Waals surface area contributed by atoms with E-state index in [1.165, 1.54) is 0 Å². The van der Waals surface area contributed by atoms with E-state index in [1.54, 1.807) is 12.1 Å². The Balaban J connectivity index is 0.00000341. The number of aliphatic imine (C=N–C) groups is 1. The van der Waals surface area contributed by atoms with Gasteiger partial charge < -0.3 is 19.5 Å². The van der Waals surface area contributed by atoms with Gasteiger partial charge in [-0.1, -0.05) is 16.8 Å². The average Bonchev–Trinajstić information content (AvgIpc) is 3.23. The predicted molar refractivity (Wildman–Crippen MR) is 131 cm³/mol. The lowest BCUT2D eigenvalue weighted by Crippen LogP contribution is -2.46. The highest BCUT2D eigenvalue weighted by atomic mass is 127. The molecule has 1 aliphatic rings. The summed E-state index contributed by atoms with van der Waals surface area (Å²) in [5.41, 5.74) is 0.857. The van der Waals surface area contributed by atoms with Gasteiger partial charge in [-0.25, -0.2) is 0 Å². The first-order chi connectivity index (χ1) is 14.6. The second kappa shape index (κ2) is 12.8. The van der Waals surface area contributed by atoms with E-state index < -0.39 is 0 Å². The molecular formula is C21H29ClIN5O3. The Labute approximate surface area is 204 Å². The number of piperidine rings is 1. The number of esters is 1. The number of nitrogens with one attached hydrogen (secondary N) is 1. The number of carbonyl (C=O) groups is 1. The lowest BCUT2D eigenvalue weighted by molar-refractivity contribution is -0.149. The van der Waals surface area contributed by atoms with Crippen molar-refractivity contribution in [2.45, 2.75) is 33.1 Å². The van der Waals surface area contributed by atoms with Gasteiger partial charge in [-0.05, 0) is 51.0 Å². The number of nitrogens with zero attached hydrogens (tertiary/aromatic N) is 4. The number of carbonyl (C=O) groups excluding carboxylic acids is 1. The lowest BCUT2D eigenvalue weighted by Gasteiger charge is -2.33. The van der Waals surface area contributed by atoms with Gasteiger partial charge >= 0.3 is 5.97 Å². The highest BCUT2D eigenvalue weighted by Crippen LogP contribution is 2.20. The number of benzene rings is 1. The first-order valence-electron chi connectivity index (χ1n) is 10.4. The Kier molecular flexibility index (Phi) is 10.5. The van der Waals surface area contributed by atoms with Crippen molar-refractivity contribution in [1.82, 2.24) is 20.4 Å². The summed E-state index contributed by atoms with van der Waals surface area (Å²) in [6.07, 6.45) is 2.10. The molecule has 1 N–H and O–H groups in total. The molecular weight excluding hydrogens is 533 g/mol. The zero-order valence-electron chi connectivity index (χ0n) is 17.8. The van der Waals surface area contributed by atoms with Gasteiger partial charge in [-0.3, -0.25) is 9.79 Å². The number of rotatable bonds is 7. The summed E-state index contributed by atoms with van der Waals surface area (Å²) in [7, 11) is 0. The molecule has 0 bridgehead atoms. The number of aromatic nitrogens is 2. The smallest absolute Gasteiger partial charge is 0.309 e. The third-order valence-corrected chi connectivity index (χ3v) is 5.16. The van der Waals surface area contributed by atoms with Crippen LogP contribution in [0.3, 0.4) is 0 Å². The highest BCUT2D eigenvalue weighted by Gasteiger charge is 2.27. The van der Waals surface area contributed by atoms with Gasteiger partial charge in [0.05, 0.1) is 19.1 Å². The molecule has 3 rings (SSSR count). The van der Waals surface area contributed by atoms with Crippen LogP contribution in [0.4, 0.5) is 0 Å². The fraction of sp³-hybridized carbons (Fsp3) is 0.524. The maximum Gasteiger partial charge on any atom is 0.309 e. The van der Waals surface area contributed by atoms with Gasteiger partial charge in [-0.2, -0.15) is 4.98 Å². The Morgan fingerprint density at radius 3 is 2.65 bits per heavy atom. The number of hydrogen-bond donors (Lipinski definition) is 1. The Morgan fingerprint density at radius 2 is 2.00 bits per heavy atom. The molecule has 31 heavy (non-hydrogen) atoms. The summed E-state index contributed by atoms with van der Waals surface area (Å²) in [4.78, 5) is 23.3. The first-order valence-corrected chi connectivity index (χ1v) is 10.8. The van der Waals surface area contributed by atoms with Crippen molar-refractivity contribution in [2.75, 3.05) is 32.8 Å². The van der Waals surface area contributed by atoms with Crippen LogP contribution in [-0.2, 0) is 16.0 Å². The molecule has 8 nitrogen and oxygen atoms in total. The van der Waals surface area contributed by atoms with Crippen molar-refractivity contribution in [3.05, 3.63) is 35.2 Å². The standard InChI is InChI=1S/C21H28ClN5O3.HI/c1-3-23-21(27-13-10-16(11-14-27)20(28)29-4-2)24-12-9-18-25-19(26-30-18)15-5-7-17(22)8-6-15;/h5-8,16H,3-4,9-14H2,1-2H3,(H,23,24);1H. The fourth-order valence-corrected chi connectivity index (χ4v) is 3.47. The van der Waals surface area contributed by atoms with Crippen molar-refractivity contribution in [1.29, 1.82) is 0 Å². The largest absolute Gasteiger partial charge is 0.466 e. The molecule has 2 heterocycles. The number of hydrogen-bond acceptors (Lipinski definition) is 6. The van der Waals surface area contributed by atoms with E-state index in [0.717, 1.165) is 44.0 Å². The normalized spacial score (nSPS) is 14.8. The SMILES string of the molecule is CCNC(=NCCc1nc(-c2ccc(Cl)cc2)no1)N1CCC(C(=O)OCC)CC1.I. The molecule has 1 saturated heterocycles. The zero-order valence-corrected chi connectivity index (χ0v) is 20.9. The monoisotopic (exact) mass is 561 g/mol. The van der Waals surface area contributed by atoms with E-state index in [9.17, 15) is 4.79 Å². The minimum Gasteiger partial charge on any atom is -0.466 e. The molecule has 0 radical (unpaired) electrons. The maximum atomic E-state index is 11.9. The first kappa shape index (κ1) is 25.4.